The Kier molecular flexibility index (Phi) is 17.1. The molecule has 0 spiro atoms. The normalized spacial score (nSPS) is 14.4. The summed E-state index contributed by atoms with van der Waals surface area (Å²) in [6.45, 7) is 5.69. The van der Waals surface area contributed by atoms with Gasteiger partial charge in [-0.25, -0.2) is 9.59 Å². The molecule has 52 heavy (non-hydrogen) atoms. The minimum absolute atomic E-state index is 0.00665. The van der Waals surface area contributed by atoms with Crippen LogP contribution in [-0.4, -0.2) is 60.3 Å². The van der Waals surface area contributed by atoms with Crippen molar-refractivity contribution in [2.24, 2.45) is 17.6 Å². The molecule has 278 valence electrons. The lowest BCUT2D eigenvalue weighted by atomic mass is 9.99. The van der Waals surface area contributed by atoms with Crippen LogP contribution in [-0.2, 0) is 41.5 Å². The summed E-state index contributed by atoms with van der Waals surface area (Å²) in [4.78, 5) is 51.4. The summed E-state index contributed by atoms with van der Waals surface area (Å²) < 4.78 is 16.8. The van der Waals surface area contributed by atoms with Gasteiger partial charge in [-0.3, -0.25) is 9.59 Å². The second kappa shape index (κ2) is 21.4. The highest BCUT2D eigenvalue weighted by molar-refractivity contribution is 6.32. The van der Waals surface area contributed by atoms with Crippen LogP contribution in [0, 0.1) is 11.8 Å². The number of nitrogens with one attached hydrogen (secondary N) is 1. The molecule has 3 rings (SSSR count). The fourth-order valence-corrected chi connectivity index (χ4v) is 5.66. The van der Waals surface area contributed by atoms with Crippen molar-refractivity contribution >= 4 is 41.5 Å². The second-order valence-electron chi connectivity index (χ2n) is 13.1. The zero-order valence-corrected chi connectivity index (χ0v) is 30.8. The monoisotopic (exact) mass is 732 g/mol. The Morgan fingerprint density at radius 1 is 0.904 bits per heavy atom. The Morgan fingerprint density at radius 3 is 2.19 bits per heavy atom. The Labute approximate surface area is 311 Å². The van der Waals surface area contributed by atoms with Gasteiger partial charge < -0.3 is 30.4 Å². The number of halogens is 1. The van der Waals surface area contributed by atoms with E-state index in [9.17, 15) is 24.3 Å². The molecule has 0 aliphatic heterocycles. The van der Waals surface area contributed by atoms with Gasteiger partial charge in [-0.2, -0.15) is 0 Å². The number of carboxylic acids is 1. The Balaban J connectivity index is 1.71. The van der Waals surface area contributed by atoms with Gasteiger partial charge in [0, 0.05) is 24.8 Å². The molecule has 0 heterocycles. The van der Waals surface area contributed by atoms with Crippen molar-refractivity contribution in [3.8, 4) is 5.75 Å². The van der Waals surface area contributed by atoms with Gasteiger partial charge in [-0.1, -0.05) is 117 Å². The van der Waals surface area contributed by atoms with Gasteiger partial charge in [-0.05, 0) is 53.7 Å². The van der Waals surface area contributed by atoms with E-state index in [2.05, 4.69) is 5.32 Å². The third-order valence-corrected chi connectivity index (χ3v) is 8.44. The SMILES string of the molecule is COc1ccc(C[C@@H](NC(=O)C=CC[C@H](OC(=O)[C@H](CC(C)C)OC(=O)C[C@H](N)Cc2ccccc2)[C@H](C)C=Cc2ccccc2)C(=O)O)cc1Cl. The molecule has 0 saturated heterocycles. The van der Waals surface area contributed by atoms with Crippen LogP contribution in [0.5, 0.6) is 5.75 Å². The van der Waals surface area contributed by atoms with Gasteiger partial charge >= 0.3 is 17.9 Å². The first kappa shape index (κ1) is 41.5. The third-order valence-electron chi connectivity index (χ3n) is 8.15. The number of hydrogen-bond donors (Lipinski definition) is 3. The minimum Gasteiger partial charge on any atom is -0.495 e. The molecule has 10 nitrogen and oxygen atoms in total. The van der Waals surface area contributed by atoms with Crippen LogP contribution in [0.25, 0.3) is 6.08 Å². The largest absolute Gasteiger partial charge is 0.495 e. The van der Waals surface area contributed by atoms with Crippen LogP contribution in [0.2, 0.25) is 5.02 Å². The van der Waals surface area contributed by atoms with E-state index in [1.807, 2.05) is 93.6 Å². The molecular weight excluding hydrogens is 684 g/mol. The van der Waals surface area contributed by atoms with Crippen molar-refractivity contribution in [2.45, 2.75) is 77.2 Å². The summed E-state index contributed by atoms with van der Waals surface area (Å²) in [6, 6.07) is 22.3. The van der Waals surface area contributed by atoms with E-state index in [0.29, 0.717) is 22.8 Å². The molecule has 1 amide bonds. The standard InChI is InChI=1S/C41H49ClN2O8/c1-27(2)22-37(51-39(46)26-32(43)23-30-14-9-6-10-15-30)41(49)52-35(28(3)18-19-29-12-7-5-8-13-29)16-11-17-38(45)44-34(40(47)48)25-31-20-21-36(50-4)33(42)24-31/h5-15,17-21,24,27-28,32,34-35,37H,16,22-23,25-26,43H2,1-4H3,(H,44,45)(H,47,48)/t28-,32-,34-,35+,37+/m1/s1. The topological polar surface area (TPSA) is 154 Å². The zero-order chi connectivity index (χ0) is 38.0. The van der Waals surface area contributed by atoms with Gasteiger partial charge in [0.1, 0.15) is 17.9 Å². The summed E-state index contributed by atoms with van der Waals surface area (Å²) in [6.07, 6.45) is 5.40. The molecule has 0 radical (unpaired) electrons. The highest BCUT2D eigenvalue weighted by Gasteiger charge is 2.30. The van der Waals surface area contributed by atoms with Crippen molar-refractivity contribution in [3.05, 3.63) is 119 Å². The number of ether oxygens (including phenoxy) is 3. The first-order valence-electron chi connectivity index (χ1n) is 17.3. The maximum atomic E-state index is 13.6. The van der Waals surface area contributed by atoms with Crippen molar-refractivity contribution in [1.29, 1.82) is 0 Å². The average Bonchev–Trinajstić information content (AvgIpc) is 3.10. The summed E-state index contributed by atoms with van der Waals surface area (Å²) in [5.41, 5.74) is 8.77. The predicted octanol–water partition coefficient (Wildman–Crippen LogP) is 6.59. The molecular formula is C41H49ClN2O8. The van der Waals surface area contributed by atoms with Crippen LogP contribution in [0.4, 0.5) is 0 Å². The van der Waals surface area contributed by atoms with Gasteiger partial charge in [-0.15, -0.1) is 0 Å². The summed E-state index contributed by atoms with van der Waals surface area (Å²) in [5.74, 6) is -3.01. The molecule has 0 unspecified atom stereocenters. The fourth-order valence-electron chi connectivity index (χ4n) is 5.38. The van der Waals surface area contributed by atoms with Crippen LogP contribution in [0.1, 0.15) is 56.7 Å². The minimum atomic E-state index is -1.23. The highest BCUT2D eigenvalue weighted by atomic mass is 35.5. The van der Waals surface area contributed by atoms with Crippen molar-refractivity contribution in [2.75, 3.05) is 7.11 Å². The Hall–Kier alpha value is -4.93. The first-order valence-corrected chi connectivity index (χ1v) is 17.7. The number of amides is 1. The molecule has 4 N–H and O–H groups in total. The number of benzene rings is 3. The van der Waals surface area contributed by atoms with Crippen LogP contribution >= 0.6 is 11.6 Å². The van der Waals surface area contributed by atoms with Gasteiger partial charge in [0.25, 0.3) is 0 Å². The van der Waals surface area contributed by atoms with Crippen molar-refractivity contribution in [3.63, 3.8) is 0 Å². The summed E-state index contributed by atoms with van der Waals surface area (Å²) in [7, 11) is 1.48. The first-order chi connectivity index (χ1) is 24.8. The molecule has 0 saturated carbocycles. The van der Waals surface area contributed by atoms with Gasteiger partial charge in [0.15, 0.2) is 6.10 Å². The Bertz CT molecular complexity index is 1660. The average molecular weight is 733 g/mol. The molecule has 0 fully saturated rings. The lowest BCUT2D eigenvalue weighted by molar-refractivity contribution is -0.173. The number of nitrogens with two attached hydrogens (primary N) is 1. The maximum absolute atomic E-state index is 13.6. The number of aliphatic carboxylic acids is 1. The van der Waals surface area contributed by atoms with Crippen LogP contribution < -0.4 is 15.8 Å². The second-order valence-corrected chi connectivity index (χ2v) is 13.5. The molecule has 0 aliphatic rings. The van der Waals surface area contributed by atoms with Gasteiger partial charge in [0.2, 0.25) is 5.91 Å². The number of carbonyl (C=O) groups excluding carboxylic acids is 3. The van der Waals surface area contributed by atoms with E-state index in [1.165, 1.54) is 19.3 Å². The van der Waals surface area contributed by atoms with Crippen molar-refractivity contribution < 1.29 is 38.5 Å². The van der Waals surface area contributed by atoms with Crippen LogP contribution in [0.3, 0.4) is 0 Å². The van der Waals surface area contributed by atoms with Crippen molar-refractivity contribution in [1.82, 2.24) is 5.32 Å². The van der Waals surface area contributed by atoms with E-state index in [4.69, 9.17) is 31.5 Å². The van der Waals surface area contributed by atoms with Gasteiger partial charge in [0.05, 0.1) is 18.6 Å². The van der Waals surface area contributed by atoms with E-state index < -0.39 is 48.1 Å². The molecule has 3 aromatic carbocycles. The summed E-state index contributed by atoms with van der Waals surface area (Å²) in [5, 5.41) is 12.6. The van der Waals surface area contributed by atoms with Crippen LogP contribution in [0.15, 0.2) is 97.1 Å². The van der Waals surface area contributed by atoms with E-state index in [1.54, 1.807) is 18.2 Å². The molecule has 11 heteroatoms. The van der Waals surface area contributed by atoms with E-state index in [-0.39, 0.29) is 37.5 Å². The third kappa shape index (κ3) is 14.7. The zero-order valence-electron chi connectivity index (χ0n) is 30.1. The lowest BCUT2D eigenvalue weighted by Crippen LogP contribution is -2.41. The number of hydrogen-bond acceptors (Lipinski definition) is 8. The molecule has 3 aromatic rings. The number of esters is 2. The number of carboxylic acid groups (broad SMARTS) is 1. The van der Waals surface area contributed by atoms with E-state index >= 15 is 0 Å². The number of rotatable bonds is 20. The summed E-state index contributed by atoms with van der Waals surface area (Å²) >= 11 is 6.19. The highest BCUT2D eigenvalue weighted by Crippen LogP contribution is 2.25. The predicted molar refractivity (Wildman–Crippen MR) is 202 cm³/mol. The molecule has 0 bridgehead atoms. The molecule has 0 aliphatic carbocycles. The molecule has 5 atom stereocenters. The molecule has 0 aromatic heterocycles. The smallest absolute Gasteiger partial charge is 0.347 e. The number of carbonyl (C=O) groups is 4. The Morgan fingerprint density at radius 2 is 1.58 bits per heavy atom. The fraction of sp³-hybridized carbons (Fsp3) is 0.366. The lowest BCUT2D eigenvalue weighted by Gasteiger charge is -2.25. The maximum Gasteiger partial charge on any atom is 0.347 e. The van der Waals surface area contributed by atoms with E-state index in [0.717, 1.165) is 11.1 Å². The number of methoxy groups -OCH3 is 1. The quantitative estimate of drug-likeness (QED) is 0.0863.